The summed E-state index contributed by atoms with van der Waals surface area (Å²) in [7, 11) is 4.78. The van der Waals surface area contributed by atoms with Crippen LogP contribution in [0.25, 0.3) is 0 Å². The second kappa shape index (κ2) is 13.7. The van der Waals surface area contributed by atoms with Crippen LogP contribution in [0.4, 0.5) is 0 Å². The number of piperidine rings is 2. The molecule has 3 aromatic heterocycles. The summed E-state index contributed by atoms with van der Waals surface area (Å²) in [4.78, 5) is 61.7. The topological polar surface area (TPSA) is 133 Å². The summed E-state index contributed by atoms with van der Waals surface area (Å²) < 4.78 is 21.8. The first kappa shape index (κ1) is 31.3. The minimum Gasteiger partial charge on any atom is -0.462 e. The lowest BCUT2D eigenvalue weighted by molar-refractivity contribution is -0.207. The molecule has 0 radical (unpaired) electrons. The molecule has 3 aromatic rings. The van der Waals surface area contributed by atoms with E-state index in [0.29, 0.717) is 17.1 Å². The molecule has 2 bridgehead atoms. The fraction of sp³-hybridized carbons (Fsp3) is 0.438. The first-order valence-electron chi connectivity index (χ1n) is 14.4. The number of hydrogen-bond acceptors (Lipinski definition) is 12. The van der Waals surface area contributed by atoms with Gasteiger partial charge in [0.05, 0.1) is 42.4 Å². The van der Waals surface area contributed by atoms with Gasteiger partial charge in [-0.2, -0.15) is 0 Å². The molecule has 12 nitrogen and oxygen atoms in total. The molecule has 2 fully saturated rings. The number of methoxy groups -OCH3 is 2. The van der Waals surface area contributed by atoms with Gasteiger partial charge in [0.2, 0.25) is 0 Å². The number of Topliss-reactive ketones (excluding diaryl/α,β-unsaturated/α-hetero) is 1. The largest absolute Gasteiger partial charge is 0.462 e. The molecular weight excluding hydrogens is 566 g/mol. The van der Waals surface area contributed by atoms with Crippen molar-refractivity contribution < 1.29 is 33.3 Å². The summed E-state index contributed by atoms with van der Waals surface area (Å²) in [5.74, 6) is -2.11. The summed E-state index contributed by atoms with van der Waals surface area (Å²) in [5.41, 5.74) is -2.06. The summed E-state index contributed by atoms with van der Waals surface area (Å²) in [5, 5.41) is 0. The van der Waals surface area contributed by atoms with Crippen LogP contribution in [0.1, 0.15) is 29.2 Å². The van der Waals surface area contributed by atoms with E-state index in [-0.39, 0.29) is 46.1 Å². The van der Waals surface area contributed by atoms with Crippen LogP contribution in [0.5, 0.6) is 0 Å². The van der Waals surface area contributed by atoms with E-state index in [1.54, 1.807) is 62.0 Å². The average Bonchev–Trinajstić information content (AvgIpc) is 3.04. The number of ether oxygens (including phenoxy) is 4. The van der Waals surface area contributed by atoms with Crippen LogP contribution in [0.3, 0.4) is 0 Å². The maximum Gasteiger partial charge on any atom is 0.323 e. The van der Waals surface area contributed by atoms with Crippen LogP contribution in [-0.2, 0) is 39.9 Å². The molecule has 2 aliphatic rings. The zero-order chi connectivity index (χ0) is 31.2. The van der Waals surface area contributed by atoms with Gasteiger partial charge in [-0.1, -0.05) is 18.2 Å². The lowest BCUT2D eigenvalue weighted by Gasteiger charge is -2.60. The van der Waals surface area contributed by atoms with Crippen molar-refractivity contribution in [1.29, 1.82) is 0 Å². The number of carbonyl (C=O) groups excluding carboxylic acids is 3. The molecule has 0 aliphatic carbocycles. The van der Waals surface area contributed by atoms with E-state index in [1.165, 1.54) is 14.2 Å². The van der Waals surface area contributed by atoms with Crippen molar-refractivity contribution in [3.8, 4) is 0 Å². The minimum absolute atomic E-state index is 0.0398. The van der Waals surface area contributed by atoms with E-state index in [4.69, 9.17) is 18.9 Å². The van der Waals surface area contributed by atoms with Gasteiger partial charge in [0.1, 0.15) is 13.2 Å². The number of aromatic nitrogens is 3. The standard InChI is InChI=1S/C32H37N5O7/c1-36-26(24-11-5-8-14-34-24)31(29(39)43-18-16-41-2)21-37(20-23-10-4-7-13-33-23)22-32(28(31)38,30(40)44-19-17-42-3)27(36)25-12-6-9-15-35-25/h4-15,26-27H,16-22H2,1-3H3. The number of likely N-dealkylation sites (tertiary alicyclic amines) is 2. The highest BCUT2D eigenvalue weighted by atomic mass is 16.6. The third kappa shape index (κ3) is 5.61. The van der Waals surface area contributed by atoms with Gasteiger partial charge >= 0.3 is 11.9 Å². The van der Waals surface area contributed by atoms with Crippen LogP contribution < -0.4 is 0 Å². The van der Waals surface area contributed by atoms with E-state index >= 15 is 4.79 Å². The Labute approximate surface area is 256 Å². The van der Waals surface area contributed by atoms with Gasteiger partial charge < -0.3 is 18.9 Å². The van der Waals surface area contributed by atoms with Gasteiger partial charge in [-0.05, 0) is 43.4 Å². The smallest absolute Gasteiger partial charge is 0.323 e. The summed E-state index contributed by atoms with van der Waals surface area (Å²) >= 11 is 0. The Bertz CT molecular complexity index is 1350. The molecule has 2 aliphatic heterocycles. The van der Waals surface area contributed by atoms with Crippen LogP contribution in [0.15, 0.2) is 73.2 Å². The number of hydrogen-bond donors (Lipinski definition) is 0. The van der Waals surface area contributed by atoms with Gasteiger partial charge in [-0.25, -0.2) is 0 Å². The second-order valence-electron chi connectivity index (χ2n) is 11.0. The van der Waals surface area contributed by atoms with Gasteiger partial charge in [0, 0.05) is 52.4 Å². The first-order chi connectivity index (χ1) is 21.4. The van der Waals surface area contributed by atoms with E-state index < -0.39 is 40.6 Å². The highest BCUT2D eigenvalue weighted by Gasteiger charge is 2.75. The van der Waals surface area contributed by atoms with Gasteiger partial charge in [-0.15, -0.1) is 0 Å². The minimum atomic E-state index is -1.87. The van der Waals surface area contributed by atoms with Crippen molar-refractivity contribution in [1.82, 2.24) is 24.8 Å². The predicted octanol–water partition coefficient (Wildman–Crippen LogP) is 2.04. The third-order valence-corrected chi connectivity index (χ3v) is 8.32. The maximum absolute atomic E-state index is 15.3. The van der Waals surface area contributed by atoms with Crippen LogP contribution in [-0.4, -0.2) is 103 Å². The summed E-state index contributed by atoms with van der Waals surface area (Å²) in [6.45, 7) is 0.319. The number of nitrogens with zero attached hydrogens (tertiary/aromatic N) is 5. The molecule has 4 unspecified atom stereocenters. The fourth-order valence-electron chi connectivity index (χ4n) is 6.63. The average molecular weight is 604 g/mol. The molecule has 0 N–H and O–H groups in total. The van der Waals surface area contributed by atoms with E-state index in [9.17, 15) is 9.59 Å². The van der Waals surface area contributed by atoms with Gasteiger partial charge in [-0.3, -0.25) is 39.1 Å². The Kier molecular flexibility index (Phi) is 9.74. The molecule has 4 atom stereocenters. The van der Waals surface area contributed by atoms with Gasteiger partial charge in [0.25, 0.3) is 0 Å². The van der Waals surface area contributed by atoms with Crippen molar-refractivity contribution in [2.24, 2.45) is 10.8 Å². The fourth-order valence-corrected chi connectivity index (χ4v) is 6.63. The monoisotopic (exact) mass is 603 g/mol. The second-order valence-corrected chi connectivity index (χ2v) is 11.0. The Morgan fingerprint density at radius 2 is 1.23 bits per heavy atom. The molecule has 2 saturated heterocycles. The molecular formula is C32H37N5O7. The van der Waals surface area contributed by atoms with Crippen molar-refractivity contribution >= 4 is 17.7 Å². The molecule has 232 valence electrons. The van der Waals surface area contributed by atoms with E-state index in [1.807, 2.05) is 28.0 Å². The van der Waals surface area contributed by atoms with E-state index in [0.717, 1.165) is 0 Å². The lowest BCUT2D eigenvalue weighted by atomic mass is 9.54. The Morgan fingerprint density at radius 3 is 1.64 bits per heavy atom. The number of ketones is 1. The molecule has 0 aromatic carbocycles. The molecule has 12 heteroatoms. The quantitative estimate of drug-likeness (QED) is 0.170. The molecule has 44 heavy (non-hydrogen) atoms. The van der Waals surface area contributed by atoms with Crippen LogP contribution >= 0.6 is 0 Å². The Hall–Kier alpha value is -4.10. The molecule has 0 amide bonds. The molecule has 5 rings (SSSR count). The van der Waals surface area contributed by atoms with Crippen LogP contribution in [0.2, 0.25) is 0 Å². The molecule has 5 heterocycles. The van der Waals surface area contributed by atoms with Crippen molar-refractivity contribution in [2.45, 2.75) is 18.6 Å². The van der Waals surface area contributed by atoms with Crippen molar-refractivity contribution in [3.63, 3.8) is 0 Å². The highest BCUT2D eigenvalue weighted by molar-refractivity contribution is 6.17. The Morgan fingerprint density at radius 1 is 0.750 bits per heavy atom. The number of carbonyl (C=O) groups is 3. The molecule has 0 spiro atoms. The summed E-state index contributed by atoms with van der Waals surface area (Å²) in [6.07, 6.45) is 4.90. The lowest BCUT2D eigenvalue weighted by Crippen LogP contribution is -2.75. The zero-order valence-corrected chi connectivity index (χ0v) is 25.1. The van der Waals surface area contributed by atoms with Crippen LogP contribution in [0, 0.1) is 10.8 Å². The number of fused-ring (bicyclic) bond motifs is 2. The summed E-state index contributed by atoms with van der Waals surface area (Å²) in [6, 6.07) is 14.4. The SMILES string of the molecule is COCCOC(=O)C12CN(Cc3ccccn3)CC(C(=O)OCCOC)(C1=O)C(c1ccccn1)N(C)C2c1ccccn1. The zero-order valence-electron chi connectivity index (χ0n) is 25.1. The normalized spacial score (nSPS) is 25.4. The van der Waals surface area contributed by atoms with E-state index in [2.05, 4.69) is 15.0 Å². The predicted molar refractivity (Wildman–Crippen MR) is 157 cm³/mol. The Balaban J connectivity index is 1.76. The number of pyridine rings is 3. The number of rotatable bonds is 12. The highest BCUT2D eigenvalue weighted by Crippen LogP contribution is 2.60. The first-order valence-corrected chi connectivity index (χ1v) is 14.4. The van der Waals surface area contributed by atoms with Crippen molar-refractivity contribution in [3.05, 3.63) is 90.3 Å². The van der Waals surface area contributed by atoms with Crippen molar-refractivity contribution in [2.75, 3.05) is 60.8 Å². The van der Waals surface area contributed by atoms with Gasteiger partial charge in [0.15, 0.2) is 16.6 Å². The third-order valence-electron chi connectivity index (χ3n) is 8.32. The number of esters is 2. The molecule has 0 saturated carbocycles. The maximum atomic E-state index is 15.3.